The van der Waals surface area contributed by atoms with Crippen LogP contribution in [0.3, 0.4) is 0 Å². The average molecular weight is 269 g/mol. The van der Waals surface area contributed by atoms with Crippen molar-refractivity contribution >= 4 is 16.9 Å². The summed E-state index contributed by atoms with van der Waals surface area (Å²) in [4.78, 5) is 35.8. The zero-order chi connectivity index (χ0) is 13.9. The zero-order valence-corrected chi connectivity index (χ0v) is 10.4. The molecule has 100 valence electrons. The Morgan fingerprint density at radius 2 is 1.95 bits per heavy atom. The van der Waals surface area contributed by atoms with E-state index in [4.69, 9.17) is 0 Å². The molecule has 0 atom stereocenters. The fourth-order valence-corrected chi connectivity index (χ4v) is 1.81. The normalized spacial score (nSPS) is 10.6. The van der Waals surface area contributed by atoms with Gasteiger partial charge in [0.25, 0.3) is 5.56 Å². The van der Waals surface area contributed by atoms with E-state index >= 15 is 0 Å². The Bertz CT molecular complexity index is 868. The van der Waals surface area contributed by atoms with Crippen LogP contribution in [0.5, 0.6) is 0 Å². The van der Waals surface area contributed by atoms with Gasteiger partial charge in [-0.15, -0.1) is 0 Å². The minimum atomic E-state index is -0.224. The molecule has 0 amide bonds. The average Bonchev–Trinajstić information content (AvgIpc) is 2.45. The molecular weight excluding hydrogens is 258 g/mol. The van der Waals surface area contributed by atoms with Crippen molar-refractivity contribution in [2.24, 2.45) is 0 Å². The van der Waals surface area contributed by atoms with Gasteiger partial charge in [-0.3, -0.25) is 9.59 Å². The minimum Gasteiger partial charge on any atom is -0.364 e. The summed E-state index contributed by atoms with van der Waals surface area (Å²) < 4.78 is 0. The molecule has 0 aromatic carbocycles. The van der Waals surface area contributed by atoms with E-state index in [0.29, 0.717) is 18.0 Å². The van der Waals surface area contributed by atoms with Gasteiger partial charge in [0.05, 0.1) is 18.6 Å². The minimum absolute atomic E-state index is 0.189. The Kier molecular flexibility index (Phi) is 3.00. The van der Waals surface area contributed by atoms with Crippen LogP contribution in [0.1, 0.15) is 5.69 Å². The Morgan fingerprint density at radius 3 is 2.80 bits per heavy atom. The molecule has 3 rings (SSSR count). The second-order valence-corrected chi connectivity index (χ2v) is 4.21. The summed E-state index contributed by atoms with van der Waals surface area (Å²) >= 11 is 0. The van der Waals surface area contributed by atoms with Gasteiger partial charge in [0.15, 0.2) is 0 Å². The number of nitrogens with one attached hydrogen (secondary N) is 3. The van der Waals surface area contributed by atoms with Gasteiger partial charge in [0.1, 0.15) is 11.5 Å². The first-order chi connectivity index (χ1) is 9.70. The fourth-order valence-electron chi connectivity index (χ4n) is 1.81. The molecule has 7 nitrogen and oxygen atoms in total. The lowest BCUT2D eigenvalue weighted by Crippen LogP contribution is -2.10. The van der Waals surface area contributed by atoms with Gasteiger partial charge in [-0.1, -0.05) is 0 Å². The van der Waals surface area contributed by atoms with E-state index in [2.05, 4.69) is 25.3 Å². The smallest absolute Gasteiger partial charge is 0.252 e. The van der Waals surface area contributed by atoms with E-state index < -0.39 is 0 Å². The van der Waals surface area contributed by atoms with Crippen molar-refractivity contribution in [1.82, 2.24) is 19.9 Å². The van der Waals surface area contributed by atoms with Crippen LogP contribution in [0.25, 0.3) is 11.0 Å². The first-order valence-electron chi connectivity index (χ1n) is 5.98. The number of hydrogen-bond acceptors (Lipinski definition) is 5. The lowest BCUT2D eigenvalue weighted by Gasteiger charge is -2.05. The van der Waals surface area contributed by atoms with Crippen LogP contribution in [0, 0.1) is 0 Å². The molecule has 7 heteroatoms. The third-order valence-corrected chi connectivity index (χ3v) is 2.77. The van der Waals surface area contributed by atoms with Crippen LogP contribution in [0.15, 0.2) is 46.2 Å². The highest BCUT2D eigenvalue weighted by molar-refractivity contribution is 5.74. The molecule has 0 spiro atoms. The second-order valence-electron chi connectivity index (χ2n) is 4.21. The van der Waals surface area contributed by atoms with E-state index in [9.17, 15) is 9.59 Å². The Hall–Kier alpha value is -2.96. The van der Waals surface area contributed by atoms with Crippen molar-refractivity contribution < 1.29 is 0 Å². The molecule has 3 aromatic rings. The Balaban J connectivity index is 1.84. The van der Waals surface area contributed by atoms with Gasteiger partial charge < -0.3 is 15.3 Å². The summed E-state index contributed by atoms with van der Waals surface area (Å²) in [5.74, 6) is 0.470. The molecular formula is C13H11N5O2. The molecule has 0 aliphatic rings. The number of H-pyrrole nitrogens is 2. The predicted octanol–water partition coefficient (Wildman–Crippen LogP) is 0.618. The fraction of sp³-hybridized carbons (Fsp3) is 0.0769. The van der Waals surface area contributed by atoms with Crippen LogP contribution >= 0.6 is 0 Å². The lowest BCUT2D eigenvalue weighted by molar-refractivity contribution is 1.02. The molecule has 0 bridgehead atoms. The molecule has 0 saturated heterocycles. The number of pyridine rings is 2. The number of aromatic nitrogens is 4. The van der Waals surface area contributed by atoms with Crippen molar-refractivity contribution in [2.45, 2.75) is 6.54 Å². The van der Waals surface area contributed by atoms with Gasteiger partial charge in [0.2, 0.25) is 5.56 Å². The van der Waals surface area contributed by atoms with E-state index in [-0.39, 0.29) is 11.1 Å². The van der Waals surface area contributed by atoms with Gasteiger partial charge in [-0.25, -0.2) is 9.97 Å². The summed E-state index contributed by atoms with van der Waals surface area (Å²) in [5.41, 5.74) is 0.863. The summed E-state index contributed by atoms with van der Waals surface area (Å²) in [6, 6.07) is 8.27. The number of rotatable bonds is 3. The third kappa shape index (κ3) is 2.56. The van der Waals surface area contributed by atoms with Gasteiger partial charge >= 0.3 is 0 Å². The topological polar surface area (TPSA) is 104 Å². The molecule has 3 aromatic heterocycles. The van der Waals surface area contributed by atoms with Crippen molar-refractivity contribution in [1.29, 1.82) is 0 Å². The maximum absolute atomic E-state index is 11.3. The number of aromatic amines is 2. The van der Waals surface area contributed by atoms with Crippen molar-refractivity contribution in [2.75, 3.05) is 5.32 Å². The van der Waals surface area contributed by atoms with Crippen LogP contribution in [0.2, 0.25) is 0 Å². The van der Waals surface area contributed by atoms with Crippen molar-refractivity contribution in [3.05, 3.63) is 63.1 Å². The molecule has 0 fully saturated rings. The zero-order valence-electron chi connectivity index (χ0n) is 10.4. The van der Waals surface area contributed by atoms with Crippen LogP contribution in [-0.2, 0) is 6.54 Å². The number of nitrogens with zero attached hydrogens (tertiary/aromatic N) is 2. The quantitative estimate of drug-likeness (QED) is 0.646. The maximum atomic E-state index is 11.3. The van der Waals surface area contributed by atoms with Crippen LogP contribution in [0.4, 0.5) is 5.82 Å². The van der Waals surface area contributed by atoms with Gasteiger partial charge in [-0.2, -0.15) is 0 Å². The largest absolute Gasteiger partial charge is 0.364 e. The van der Waals surface area contributed by atoms with E-state index in [1.165, 1.54) is 18.5 Å². The third-order valence-electron chi connectivity index (χ3n) is 2.77. The molecule has 0 aliphatic carbocycles. The van der Waals surface area contributed by atoms with E-state index in [1.54, 1.807) is 6.07 Å². The summed E-state index contributed by atoms with van der Waals surface area (Å²) in [6.07, 6.45) is 1.33. The molecule has 0 saturated carbocycles. The standard InChI is InChI=1S/C13H11N5O2/c19-11-4-2-8-1-3-9(17-13(8)18-11)6-14-10-5-12(20)16-7-15-10/h1-5,7H,6H2,(H,17,18,19)(H2,14,15,16,20). The molecule has 0 radical (unpaired) electrons. The predicted molar refractivity (Wildman–Crippen MR) is 74.5 cm³/mol. The summed E-state index contributed by atoms with van der Waals surface area (Å²) in [7, 11) is 0. The SMILES string of the molecule is O=c1cc(NCc2ccc3ccc(=O)[nH]c3n2)nc[nH]1. The van der Waals surface area contributed by atoms with Crippen LogP contribution in [-0.4, -0.2) is 19.9 Å². The summed E-state index contributed by atoms with van der Waals surface area (Å²) in [5, 5.41) is 3.86. The number of fused-ring (bicyclic) bond motifs is 1. The molecule has 0 unspecified atom stereocenters. The van der Waals surface area contributed by atoms with E-state index in [1.807, 2.05) is 12.1 Å². The highest BCUT2D eigenvalue weighted by Gasteiger charge is 2.00. The lowest BCUT2D eigenvalue weighted by atomic mass is 10.2. The maximum Gasteiger partial charge on any atom is 0.252 e. The summed E-state index contributed by atoms with van der Waals surface area (Å²) in [6.45, 7) is 0.406. The second kappa shape index (κ2) is 4.96. The monoisotopic (exact) mass is 269 g/mol. The molecule has 0 aliphatic heterocycles. The van der Waals surface area contributed by atoms with Crippen LogP contribution < -0.4 is 16.4 Å². The first-order valence-corrected chi connectivity index (χ1v) is 5.98. The number of hydrogen-bond donors (Lipinski definition) is 3. The van der Waals surface area contributed by atoms with E-state index in [0.717, 1.165) is 11.1 Å². The first kappa shape index (κ1) is 12.1. The highest BCUT2D eigenvalue weighted by Crippen LogP contribution is 2.08. The Labute approximate surface area is 112 Å². The van der Waals surface area contributed by atoms with Crippen molar-refractivity contribution in [3.8, 4) is 0 Å². The Morgan fingerprint density at radius 1 is 1.10 bits per heavy atom. The molecule has 3 N–H and O–H groups in total. The molecule has 3 heterocycles. The number of anilines is 1. The highest BCUT2D eigenvalue weighted by atomic mass is 16.1. The van der Waals surface area contributed by atoms with Gasteiger partial charge in [0, 0.05) is 17.5 Å². The molecule has 20 heavy (non-hydrogen) atoms. The van der Waals surface area contributed by atoms with Gasteiger partial charge in [-0.05, 0) is 18.2 Å². The van der Waals surface area contributed by atoms with Crippen molar-refractivity contribution in [3.63, 3.8) is 0 Å².